The Kier molecular flexibility index (Phi) is 4.57. The standard InChI is InChI=1S/C18H23N3O4/c1-10(2)21-18-13(9-19-21)11(7-17(22)20-18)12-6-15(24-4)16(25-5)8-14(12)23-3/h6,8-11H,7H2,1-5H3,(H,20,22)/t11-/m1/s1. The van der Waals surface area contributed by atoms with E-state index >= 15 is 0 Å². The Labute approximate surface area is 146 Å². The lowest BCUT2D eigenvalue weighted by Gasteiger charge is -2.26. The highest BCUT2D eigenvalue weighted by molar-refractivity contribution is 5.94. The Morgan fingerprint density at radius 3 is 2.32 bits per heavy atom. The number of rotatable bonds is 5. The molecule has 0 radical (unpaired) electrons. The summed E-state index contributed by atoms with van der Waals surface area (Å²) in [7, 11) is 4.77. The molecular formula is C18H23N3O4. The minimum atomic E-state index is -0.161. The number of anilines is 1. The van der Waals surface area contributed by atoms with Crippen LogP contribution in [0.15, 0.2) is 18.3 Å². The van der Waals surface area contributed by atoms with Crippen molar-refractivity contribution in [2.75, 3.05) is 26.6 Å². The summed E-state index contributed by atoms with van der Waals surface area (Å²) >= 11 is 0. The molecule has 0 fully saturated rings. The number of carbonyl (C=O) groups is 1. The van der Waals surface area contributed by atoms with E-state index in [1.165, 1.54) is 0 Å². The zero-order valence-electron chi connectivity index (χ0n) is 15.1. The van der Waals surface area contributed by atoms with Gasteiger partial charge in [-0.1, -0.05) is 0 Å². The minimum Gasteiger partial charge on any atom is -0.496 e. The van der Waals surface area contributed by atoms with Gasteiger partial charge in [-0.05, 0) is 19.9 Å². The third kappa shape index (κ3) is 2.90. The second-order valence-corrected chi connectivity index (χ2v) is 6.24. The van der Waals surface area contributed by atoms with Crippen LogP contribution in [0.4, 0.5) is 5.82 Å². The maximum atomic E-state index is 12.3. The van der Waals surface area contributed by atoms with Crippen LogP contribution in [-0.2, 0) is 4.79 Å². The number of fused-ring (bicyclic) bond motifs is 1. The molecule has 1 amide bonds. The Hall–Kier alpha value is -2.70. The Balaban J connectivity index is 2.16. The average Bonchev–Trinajstić information content (AvgIpc) is 3.03. The fourth-order valence-electron chi connectivity index (χ4n) is 3.23. The minimum absolute atomic E-state index is 0.0447. The van der Waals surface area contributed by atoms with E-state index in [4.69, 9.17) is 14.2 Å². The van der Waals surface area contributed by atoms with Crippen LogP contribution in [0, 0.1) is 0 Å². The molecule has 1 N–H and O–H groups in total. The van der Waals surface area contributed by atoms with Crippen molar-refractivity contribution < 1.29 is 19.0 Å². The molecule has 0 unspecified atom stereocenters. The summed E-state index contributed by atoms with van der Waals surface area (Å²) in [4.78, 5) is 12.3. The van der Waals surface area contributed by atoms with E-state index in [0.717, 1.165) is 16.9 Å². The first-order chi connectivity index (χ1) is 12.0. The molecular weight excluding hydrogens is 322 g/mol. The van der Waals surface area contributed by atoms with Crippen molar-refractivity contribution >= 4 is 11.7 Å². The largest absolute Gasteiger partial charge is 0.496 e. The van der Waals surface area contributed by atoms with E-state index in [1.807, 2.05) is 30.8 Å². The predicted octanol–water partition coefficient (Wildman–Crippen LogP) is 2.96. The summed E-state index contributed by atoms with van der Waals surface area (Å²) in [5, 5.41) is 7.39. The smallest absolute Gasteiger partial charge is 0.226 e. The number of nitrogens with one attached hydrogen (secondary N) is 1. The van der Waals surface area contributed by atoms with Gasteiger partial charge < -0.3 is 19.5 Å². The fraction of sp³-hybridized carbons (Fsp3) is 0.444. The first-order valence-electron chi connectivity index (χ1n) is 8.17. The molecule has 0 aliphatic carbocycles. The molecule has 3 rings (SSSR count). The number of aromatic nitrogens is 2. The third-order valence-electron chi connectivity index (χ3n) is 4.45. The molecule has 1 aliphatic heterocycles. The van der Waals surface area contributed by atoms with Crippen molar-refractivity contribution in [2.45, 2.75) is 32.2 Å². The van der Waals surface area contributed by atoms with Gasteiger partial charge in [0.15, 0.2) is 11.5 Å². The van der Waals surface area contributed by atoms with Crippen LogP contribution in [0.25, 0.3) is 0 Å². The van der Waals surface area contributed by atoms with Gasteiger partial charge in [-0.2, -0.15) is 5.10 Å². The molecule has 0 spiro atoms. The van der Waals surface area contributed by atoms with Crippen molar-refractivity contribution in [3.63, 3.8) is 0 Å². The second-order valence-electron chi connectivity index (χ2n) is 6.24. The van der Waals surface area contributed by atoms with Gasteiger partial charge in [0.1, 0.15) is 11.6 Å². The highest BCUT2D eigenvalue weighted by Crippen LogP contribution is 2.45. The summed E-state index contributed by atoms with van der Waals surface area (Å²) in [5.74, 6) is 2.37. The summed E-state index contributed by atoms with van der Waals surface area (Å²) in [6.45, 7) is 4.06. The number of hydrogen-bond donors (Lipinski definition) is 1. The molecule has 0 saturated carbocycles. The summed E-state index contributed by atoms with van der Waals surface area (Å²) in [6.07, 6.45) is 2.14. The van der Waals surface area contributed by atoms with Gasteiger partial charge in [0.2, 0.25) is 5.91 Å². The van der Waals surface area contributed by atoms with E-state index in [0.29, 0.717) is 23.7 Å². The van der Waals surface area contributed by atoms with E-state index in [-0.39, 0.29) is 17.9 Å². The second kappa shape index (κ2) is 6.66. The molecule has 7 nitrogen and oxygen atoms in total. The van der Waals surface area contributed by atoms with Gasteiger partial charge in [0.25, 0.3) is 0 Å². The van der Waals surface area contributed by atoms with E-state index in [9.17, 15) is 4.79 Å². The van der Waals surface area contributed by atoms with Crippen LogP contribution in [0.5, 0.6) is 17.2 Å². The Bertz CT molecular complexity index is 798. The van der Waals surface area contributed by atoms with Gasteiger partial charge in [-0.25, -0.2) is 4.68 Å². The Morgan fingerprint density at radius 1 is 1.08 bits per heavy atom. The Morgan fingerprint density at radius 2 is 1.72 bits per heavy atom. The summed E-state index contributed by atoms with van der Waals surface area (Å²) in [5.41, 5.74) is 1.85. The number of nitrogens with zero attached hydrogens (tertiary/aromatic N) is 2. The first kappa shape index (κ1) is 17.1. The molecule has 1 aliphatic rings. The van der Waals surface area contributed by atoms with Crippen molar-refractivity contribution in [1.29, 1.82) is 0 Å². The summed E-state index contributed by atoms with van der Waals surface area (Å²) in [6, 6.07) is 3.81. The zero-order valence-corrected chi connectivity index (χ0v) is 15.1. The van der Waals surface area contributed by atoms with Gasteiger partial charge in [-0.15, -0.1) is 0 Å². The normalized spacial score (nSPS) is 16.4. The highest BCUT2D eigenvalue weighted by Gasteiger charge is 2.33. The van der Waals surface area contributed by atoms with Gasteiger partial charge in [0.05, 0.1) is 27.5 Å². The maximum absolute atomic E-state index is 12.3. The highest BCUT2D eigenvalue weighted by atomic mass is 16.5. The SMILES string of the molecule is COc1cc(OC)c([C@H]2CC(=O)Nc3c2cnn3C(C)C)cc1OC. The van der Waals surface area contributed by atoms with Crippen molar-refractivity contribution in [3.05, 3.63) is 29.5 Å². The first-order valence-corrected chi connectivity index (χ1v) is 8.17. The van der Waals surface area contributed by atoms with E-state index < -0.39 is 0 Å². The van der Waals surface area contributed by atoms with Crippen LogP contribution in [-0.4, -0.2) is 37.0 Å². The van der Waals surface area contributed by atoms with Crippen molar-refractivity contribution in [1.82, 2.24) is 9.78 Å². The third-order valence-corrected chi connectivity index (χ3v) is 4.45. The zero-order chi connectivity index (χ0) is 18.1. The summed E-state index contributed by atoms with van der Waals surface area (Å²) < 4.78 is 18.1. The molecule has 2 heterocycles. The van der Waals surface area contributed by atoms with Gasteiger partial charge in [0, 0.05) is 35.6 Å². The number of ether oxygens (including phenoxy) is 3. The molecule has 134 valence electrons. The van der Waals surface area contributed by atoms with Crippen LogP contribution in [0.3, 0.4) is 0 Å². The molecule has 2 aromatic rings. The molecule has 0 bridgehead atoms. The number of carbonyl (C=O) groups excluding carboxylic acids is 1. The topological polar surface area (TPSA) is 74.6 Å². The molecule has 1 atom stereocenters. The van der Waals surface area contributed by atoms with Crippen LogP contribution in [0.2, 0.25) is 0 Å². The monoisotopic (exact) mass is 345 g/mol. The predicted molar refractivity (Wildman–Crippen MR) is 93.8 cm³/mol. The van der Waals surface area contributed by atoms with Crippen LogP contribution >= 0.6 is 0 Å². The average molecular weight is 345 g/mol. The van der Waals surface area contributed by atoms with Crippen molar-refractivity contribution in [2.24, 2.45) is 0 Å². The number of benzene rings is 1. The van der Waals surface area contributed by atoms with E-state index in [2.05, 4.69) is 10.4 Å². The number of amides is 1. The van der Waals surface area contributed by atoms with Crippen LogP contribution in [0.1, 0.15) is 43.4 Å². The molecule has 7 heteroatoms. The number of hydrogen-bond acceptors (Lipinski definition) is 5. The number of methoxy groups -OCH3 is 3. The molecule has 1 aromatic carbocycles. The van der Waals surface area contributed by atoms with Gasteiger partial charge >= 0.3 is 0 Å². The van der Waals surface area contributed by atoms with E-state index in [1.54, 1.807) is 27.4 Å². The molecule has 25 heavy (non-hydrogen) atoms. The molecule has 1 aromatic heterocycles. The maximum Gasteiger partial charge on any atom is 0.226 e. The lowest BCUT2D eigenvalue weighted by Crippen LogP contribution is -2.25. The van der Waals surface area contributed by atoms with Crippen molar-refractivity contribution in [3.8, 4) is 17.2 Å². The quantitative estimate of drug-likeness (QED) is 0.902. The lowest BCUT2D eigenvalue weighted by molar-refractivity contribution is -0.116. The molecule has 0 saturated heterocycles. The van der Waals surface area contributed by atoms with Gasteiger partial charge in [-0.3, -0.25) is 4.79 Å². The van der Waals surface area contributed by atoms with Crippen LogP contribution < -0.4 is 19.5 Å². The fourth-order valence-corrected chi connectivity index (χ4v) is 3.23. The lowest BCUT2D eigenvalue weighted by atomic mass is 9.86.